The minimum Gasteiger partial charge on any atom is -0.460 e. The molecule has 17 heavy (non-hydrogen) atoms. The number of azo groups is 1. The first-order valence-electron chi connectivity index (χ1n) is 5.81. The summed E-state index contributed by atoms with van der Waals surface area (Å²) in [6, 6.07) is 0. The van der Waals surface area contributed by atoms with Gasteiger partial charge in [0.15, 0.2) is 0 Å². The molecule has 0 N–H and O–H groups in total. The minimum absolute atomic E-state index is 0.187. The van der Waals surface area contributed by atoms with Gasteiger partial charge >= 0.3 is 5.97 Å². The molecule has 0 aromatic carbocycles. The van der Waals surface area contributed by atoms with Crippen molar-refractivity contribution in [2.75, 3.05) is 7.05 Å². The molecule has 4 nitrogen and oxygen atoms in total. The van der Waals surface area contributed by atoms with Crippen LogP contribution in [0.4, 0.5) is 0 Å². The van der Waals surface area contributed by atoms with Crippen molar-refractivity contribution in [3.05, 3.63) is 11.8 Å². The van der Waals surface area contributed by atoms with Crippen LogP contribution in [0.1, 0.15) is 48.0 Å². The number of nitrogens with zero attached hydrogens (tertiary/aromatic N) is 2. The summed E-state index contributed by atoms with van der Waals surface area (Å²) >= 11 is 0. The Balaban J connectivity index is 4.90. The monoisotopic (exact) mass is 240 g/mol. The summed E-state index contributed by atoms with van der Waals surface area (Å²) in [5.74, 6) is -0.259. The van der Waals surface area contributed by atoms with E-state index in [0.717, 1.165) is 5.70 Å². The molecule has 0 amide bonds. The fraction of sp³-hybridized carbons (Fsp3) is 0.769. The maximum Gasteiger partial charge on any atom is 0.303 e. The largest absolute Gasteiger partial charge is 0.460 e. The van der Waals surface area contributed by atoms with Crippen molar-refractivity contribution in [2.24, 2.45) is 15.6 Å². The van der Waals surface area contributed by atoms with Crippen molar-refractivity contribution < 1.29 is 9.53 Å². The second-order valence-corrected chi connectivity index (χ2v) is 5.39. The van der Waals surface area contributed by atoms with Crippen molar-refractivity contribution in [1.29, 1.82) is 0 Å². The third-order valence-electron chi connectivity index (χ3n) is 2.46. The van der Waals surface area contributed by atoms with Crippen molar-refractivity contribution in [2.45, 2.75) is 53.6 Å². The fourth-order valence-corrected chi connectivity index (χ4v) is 2.27. The maximum atomic E-state index is 11.0. The summed E-state index contributed by atoms with van der Waals surface area (Å²) in [6.45, 7) is 11.3. The second-order valence-electron chi connectivity index (χ2n) is 5.39. The van der Waals surface area contributed by atoms with E-state index in [4.69, 9.17) is 4.74 Å². The molecule has 0 heterocycles. The fourth-order valence-electron chi connectivity index (χ4n) is 2.27. The number of carbonyl (C=O) groups is 1. The zero-order chi connectivity index (χ0) is 13.7. The molecule has 0 aliphatic carbocycles. The zero-order valence-corrected chi connectivity index (χ0v) is 12.0. The number of rotatable bonds is 5. The average Bonchev–Trinajstić information content (AvgIpc) is 2.09. The molecule has 0 bridgehead atoms. The van der Waals surface area contributed by atoms with Gasteiger partial charge in [-0.1, -0.05) is 19.9 Å². The molecule has 0 aromatic rings. The third-order valence-corrected chi connectivity index (χ3v) is 2.46. The molecule has 0 spiro atoms. The van der Waals surface area contributed by atoms with Crippen LogP contribution in [0, 0.1) is 5.41 Å². The normalized spacial score (nSPS) is 14.2. The molecule has 0 saturated heterocycles. The highest BCUT2D eigenvalue weighted by Crippen LogP contribution is 2.37. The van der Waals surface area contributed by atoms with Gasteiger partial charge < -0.3 is 4.74 Å². The van der Waals surface area contributed by atoms with Gasteiger partial charge in [-0.15, -0.1) is 0 Å². The summed E-state index contributed by atoms with van der Waals surface area (Å²) in [7, 11) is 1.65. The molecular formula is C13H24N2O2. The number of hydrogen-bond donors (Lipinski definition) is 0. The molecule has 0 unspecified atom stereocenters. The number of carbonyl (C=O) groups excluding carboxylic acids is 1. The van der Waals surface area contributed by atoms with Gasteiger partial charge in [-0.2, -0.15) is 10.2 Å². The van der Waals surface area contributed by atoms with Crippen LogP contribution in [0.15, 0.2) is 22.0 Å². The lowest BCUT2D eigenvalue weighted by Crippen LogP contribution is -2.33. The second kappa shape index (κ2) is 5.94. The van der Waals surface area contributed by atoms with E-state index in [1.165, 1.54) is 6.92 Å². The summed E-state index contributed by atoms with van der Waals surface area (Å²) in [4.78, 5) is 11.0. The van der Waals surface area contributed by atoms with E-state index >= 15 is 0 Å². The van der Waals surface area contributed by atoms with Crippen LogP contribution in [-0.2, 0) is 9.53 Å². The Morgan fingerprint density at radius 1 is 1.29 bits per heavy atom. The summed E-state index contributed by atoms with van der Waals surface area (Å²) < 4.78 is 5.31. The standard InChI is InChI=1S/C13H24N2O2/c1-8-11(15-14-7)12(3,4)9-13(5,6)17-10(2)16/h8H,9H2,1-7H3/b11-8-,15-14?. The molecule has 0 rings (SSSR count). The first-order valence-corrected chi connectivity index (χ1v) is 5.81. The van der Waals surface area contributed by atoms with Crippen molar-refractivity contribution in [1.82, 2.24) is 0 Å². The molecular weight excluding hydrogens is 216 g/mol. The van der Waals surface area contributed by atoms with E-state index in [1.54, 1.807) is 7.05 Å². The van der Waals surface area contributed by atoms with Gasteiger partial charge in [0, 0.05) is 19.4 Å². The maximum absolute atomic E-state index is 11.0. The SMILES string of the molecule is C/C=C(\N=NC)C(C)(C)CC(C)(C)OC(C)=O. The Morgan fingerprint density at radius 3 is 2.18 bits per heavy atom. The lowest BCUT2D eigenvalue weighted by atomic mass is 9.79. The highest BCUT2D eigenvalue weighted by Gasteiger charge is 2.33. The Morgan fingerprint density at radius 2 is 1.82 bits per heavy atom. The Bertz CT molecular complexity index is 328. The minimum atomic E-state index is -0.507. The Kier molecular flexibility index (Phi) is 5.52. The van der Waals surface area contributed by atoms with Gasteiger partial charge in [-0.05, 0) is 27.2 Å². The molecule has 0 aliphatic rings. The predicted molar refractivity (Wildman–Crippen MR) is 68.8 cm³/mol. The quantitative estimate of drug-likeness (QED) is 0.543. The molecule has 0 atom stereocenters. The van der Waals surface area contributed by atoms with E-state index in [0.29, 0.717) is 6.42 Å². The highest BCUT2D eigenvalue weighted by molar-refractivity contribution is 5.66. The van der Waals surface area contributed by atoms with E-state index in [2.05, 4.69) is 24.1 Å². The molecule has 0 radical (unpaired) electrons. The first-order chi connectivity index (χ1) is 7.64. The van der Waals surface area contributed by atoms with Crippen LogP contribution >= 0.6 is 0 Å². The van der Waals surface area contributed by atoms with E-state index in [1.807, 2.05) is 26.8 Å². The molecule has 0 aliphatic heterocycles. The van der Waals surface area contributed by atoms with E-state index < -0.39 is 5.60 Å². The van der Waals surface area contributed by atoms with Gasteiger partial charge in [0.25, 0.3) is 0 Å². The molecule has 98 valence electrons. The van der Waals surface area contributed by atoms with Crippen LogP contribution in [0.3, 0.4) is 0 Å². The lowest BCUT2D eigenvalue weighted by Gasteiger charge is -2.34. The molecule has 0 saturated carbocycles. The van der Waals surface area contributed by atoms with Crippen LogP contribution in [-0.4, -0.2) is 18.6 Å². The van der Waals surface area contributed by atoms with Gasteiger partial charge in [0.2, 0.25) is 0 Å². The van der Waals surface area contributed by atoms with Crippen LogP contribution in [0.5, 0.6) is 0 Å². The summed E-state index contributed by atoms with van der Waals surface area (Å²) in [6.07, 6.45) is 2.63. The van der Waals surface area contributed by atoms with Gasteiger partial charge in [-0.25, -0.2) is 0 Å². The van der Waals surface area contributed by atoms with Crippen LogP contribution in [0.25, 0.3) is 0 Å². The van der Waals surface area contributed by atoms with Gasteiger partial charge in [0.1, 0.15) is 5.60 Å². The van der Waals surface area contributed by atoms with Crippen LogP contribution in [0.2, 0.25) is 0 Å². The average molecular weight is 240 g/mol. The van der Waals surface area contributed by atoms with Crippen molar-refractivity contribution >= 4 is 5.97 Å². The smallest absolute Gasteiger partial charge is 0.303 e. The molecule has 0 aromatic heterocycles. The highest BCUT2D eigenvalue weighted by atomic mass is 16.6. The number of esters is 1. The number of allylic oxidation sites excluding steroid dienone is 2. The third kappa shape index (κ3) is 5.61. The van der Waals surface area contributed by atoms with Crippen molar-refractivity contribution in [3.8, 4) is 0 Å². The van der Waals surface area contributed by atoms with Gasteiger partial charge in [-0.3, -0.25) is 4.79 Å². The van der Waals surface area contributed by atoms with Crippen molar-refractivity contribution in [3.63, 3.8) is 0 Å². The van der Waals surface area contributed by atoms with E-state index in [-0.39, 0.29) is 11.4 Å². The summed E-state index contributed by atoms with van der Waals surface area (Å²) in [5.41, 5.74) is 0.209. The number of ether oxygens (including phenoxy) is 1. The molecule has 4 heteroatoms. The van der Waals surface area contributed by atoms with Crippen LogP contribution < -0.4 is 0 Å². The Hall–Kier alpha value is -1.19. The first kappa shape index (κ1) is 15.8. The topological polar surface area (TPSA) is 51.0 Å². The zero-order valence-electron chi connectivity index (χ0n) is 12.0. The lowest BCUT2D eigenvalue weighted by molar-refractivity contribution is -0.155. The number of hydrogen-bond acceptors (Lipinski definition) is 4. The molecule has 0 fully saturated rings. The predicted octanol–water partition coefficient (Wildman–Crippen LogP) is 3.73. The summed E-state index contributed by atoms with van der Waals surface area (Å²) in [5, 5.41) is 7.94. The van der Waals surface area contributed by atoms with E-state index in [9.17, 15) is 4.79 Å². The Labute approximate surface area is 104 Å². The van der Waals surface area contributed by atoms with Gasteiger partial charge in [0.05, 0.1) is 5.70 Å².